The molecule has 0 aliphatic heterocycles. The van der Waals surface area contributed by atoms with Crippen LogP contribution in [0.4, 0.5) is 4.79 Å². The van der Waals surface area contributed by atoms with Crippen LogP contribution in [0.1, 0.15) is 17.9 Å². The molecule has 29 heavy (non-hydrogen) atoms. The number of carbonyl (C=O) groups is 1. The van der Waals surface area contributed by atoms with Crippen LogP contribution < -0.4 is 4.72 Å². The van der Waals surface area contributed by atoms with Gasteiger partial charge in [-0.05, 0) is 36.2 Å². The van der Waals surface area contributed by atoms with Crippen LogP contribution in [0.2, 0.25) is 5.15 Å². The molecule has 0 bridgehead atoms. The van der Waals surface area contributed by atoms with Gasteiger partial charge in [0.25, 0.3) is 0 Å². The van der Waals surface area contributed by atoms with Gasteiger partial charge in [0.15, 0.2) is 0 Å². The molecule has 0 saturated heterocycles. The van der Waals surface area contributed by atoms with Crippen molar-refractivity contribution in [3.63, 3.8) is 0 Å². The van der Waals surface area contributed by atoms with Crippen molar-refractivity contribution in [3.05, 3.63) is 71.5 Å². The molecule has 1 saturated carbocycles. The molecule has 0 spiro atoms. The minimum absolute atomic E-state index is 0.0323. The Morgan fingerprint density at radius 3 is 2.41 bits per heavy atom. The van der Waals surface area contributed by atoms with E-state index in [1.165, 1.54) is 16.9 Å². The summed E-state index contributed by atoms with van der Waals surface area (Å²) in [5, 5.41) is 14.4. The molecule has 0 amide bonds. The number of nitrogens with zero attached hydrogens (tertiary/aromatic N) is 1. The Morgan fingerprint density at radius 2 is 1.79 bits per heavy atom. The molecular weight excluding hydrogens is 436 g/mol. The van der Waals surface area contributed by atoms with Crippen LogP contribution in [0, 0.1) is 0 Å². The molecule has 3 N–H and O–H groups in total. The highest BCUT2D eigenvalue weighted by Gasteiger charge is 2.41. The number of hydrogen-bond acceptors (Lipinski definition) is 5. The highest BCUT2D eigenvalue weighted by Crippen LogP contribution is 2.42. The van der Waals surface area contributed by atoms with Crippen molar-refractivity contribution in [2.75, 3.05) is 0 Å². The van der Waals surface area contributed by atoms with Gasteiger partial charge in [-0.3, -0.25) is 0 Å². The van der Waals surface area contributed by atoms with Crippen molar-refractivity contribution < 1.29 is 23.4 Å². The van der Waals surface area contributed by atoms with E-state index in [0.717, 1.165) is 16.9 Å². The van der Waals surface area contributed by atoms with Gasteiger partial charge in [0.1, 0.15) is 9.36 Å². The van der Waals surface area contributed by atoms with E-state index in [1.54, 1.807) is 24.4 Å². The highest BCUT2D eigenvalue weighted by atomic mass is 35.5. The molecule has 1 aliphatic carbocycles. The van der Waals surface area contributed by atoms with Gasteiger partial charge in [0, 0.05) is 28.6 Å². The first-order chi connectivity index (χ1) is 13.8. The summed E-state index contributed by atoms with van der Waals surface area (Å²) in [5.74, 6) is 0.260. The van der Waals surface area contributed by atoms with Crippen molar-refractivity contribution in [2.45, 2.75) is 22.6 Å². The van der Waals surface area contributed by atoms with Gasteiger partial charge in [-0.15, -0.1) is 11.3 Å². The van der Waals surface area contributed by atoms with Crippen LogP contribution in [-0.2, 0) is 10.0 Å². The number of aromatic nitrogens is 1. The first-order valence-corrected chi connectivity index (χ1v) is 11.1. The van der Waals surface area contributed by atoms with Crippen molar-refractivity contribution in [1.29, 1.82) is 0 Å². The Balaban J connectivity index is 0.000000552. The molecule has 0 radical (unpaired) electrons. The summed E-state index contributed by atoms with van der Waals surface area (Å²) in [4.78, 5) is 13.4. The van der Waals surface area contributed by atoms with Crippen molar-refractivity contribution in [2.24, 2.45) is 0 Å². The zero-order chi connectivity index (χ0) is 21.0. The van der Waals surface area contributed by atoms with E-state index >= 15 is 0 Å². The second-order valence-corrected chi connectivity index (χ2v) is 9.66. The van der Waals surface area contributed by atoms with Gasteiger partial charge < -0.3 is 10.2 Å². The number of benzene rings is 1. The second kappa shape index (κ2) is 8.91. The summed E-state index contributed by atoms with van der Waals surface area (Å²) in [6, 6.07) is 16.9. The molecule has 1 aromatic carbocycles. The predicted octanol–water partition coefficient (Wildman–Crippen LogP) is 4.52. The van der Waals surface area contributed by atoms with E-state index in [-0.39, 0.29) is 12.0 Å². The fraction of sp³-hybridized carbons (Fsp3) is 0.158. The largest absolute Gasteiger partial charge is 0.503 e. The predicted molar refractivity (Wildman–Crippen MR) is 111 cm³/mol. The average molecular weight is 453 g/mol. The number of halogens is 1. The quantitative estimate of drug-likeness (QED) is 0.490. The van der Waals surface area contributed by atoms with Crippen LogP contribution in [0.15, 0.2) is 65.0 Å². The number of thiophene rings is 1. The van der Waals surface area contributed by atoms with Crippen molar-refractivity contribution in [3.8, 4) is 10.4 Å². The number of hydrogen-bond donors (Lipinski definition) is 3. The lowest BCUT2D eigenvalue weighted by molar-refractivity contribution is 0.137. The molecule has 4 rings (SSSR count). The first kappa shape index (κ1) is 21.3. The van der Waals surface area contributed by atoms with Crippen LogP contribution in [0.3, 0.4) is 0 Å². The molecule has 1 aliphatic rings. The van der Waals surface area contributed by atoms with Crippen LogP contribution in [0.5, 0.6) is 0 Å². The summed E-state index contributed by atoms with van der Waals surface area (Å²) >= 11 is 7.02. The molecule has 3 aromatic rings. The Bertz CT molecular complexity index is 1080. The maximum absolute atomic E-state index is 12.6. The van der Waals surface area contributed by atoms with E-state index in [4.69, 9.17) is 26.6 Å². The van der Waals surface area contributed by atoms with Crippen LogP contribution in [-0.4, -0.2) is 35.8 Å². The van der Waals surface area contributed by atoms with E-state index in [9.17, 15) is 8.42 Å². The number of carboxylic acid groups (broad SMARTS) is 2. The molecule has 10 heteroatoms. The maximum Gasteiger partial charge on any atom is 0.503 e. The molecule has 1 fully saturated rings. The third-order valence-electron chi connectivity index (χ3n) is 4.18. The van der Waals surface area contributed by atoms with Gasteiger partial charge in [-0.25, -0.2) is 22.9 Å². The second-order valence-electron chi connectivity index (χ2n) is 6.25. The van der Waals surface area contributed by atoms with Gasteiger partial charge in [0.2, 0.25) is 10.0 Å². The lowest BCUT2D eigenvalue weighted by Gasteiger charge is -2.04. The molecule has 0 unspecified atom stereocenters. The number of sulfonamides is 1. The minimum atomic E-state index is -3.51. The van der Waals surface area contributed by atoms with Crippen molar-refractivity contribution in [1.82, 2.24) is 9.71 Å². The Morgan fingerprint density at radius 1 is 1.10 bits per heavy atom. The molecule has 152 valence electrons. The third kappa shape index (κ3) is 5.77. The lowest BCUT2D eigenvalue weighted by atomic mass is 10.1. The molecular formula is C19H17ClN2O5S2. The Kier molecular flexibility index (Phi) is 6.53. The fourth-order valence-electron chi connectivity index (χ4n) is 2.79. The fourth-order valence-corrected chi connectivity index (χ4v) is 5.51. The summed E-state index contributed by atoms with van der Waals surface area (Å²) in [6.45, 7) is 0. The van der Waals surface area contributed by atoms with Gasteiger partial charge in [0.05, 0.1) is 0 Å². The molecule has 7 nitrogen and oxygen atoms in total. The summed E-state index contributed by atoms with van der Waals surface area (Å²) in [5.41, 5.74) is 2.03. The molecule has 2 heterocycles. The minimum Gasteiger partial charge on any atom is -0.450 e. The van der Waals surface area contributed by atoms with E-state index < -0.39 is 16.2 Å². The van der Waals surface area contributed by atoms with E-state index in [1.807, 2.05) is 36.4 Å². The smallest absolute Gasteiger partial charge is 0.450 e. The van der Waals surface area contributed by atoms with Gasteiger partial charge in [-0.1, -0.05) is 41.9 Å². The Hall–Kier alpha value is -2.46. The standard InChI is InChI=1S/C18H15ClN2O2S2.CH2O3/c19-17-8-6-13(11-20-17)16-7-9-18(24-16)25(22,23)21-15-10-14(15)12-4-2-1-3-5-12;2-1(3)4/h1-9,11,14-15,21H,10H2;(H2,2,3,4)/t14-,15+;/m1./s1. The lowest BCUT2D eigenvalue weighted by Crippen LogP contribution is -2.26. The zero-order valence-corrected chi connectivity index (χ0v) is 17.3. The SMILES string of the molecule is O=C(O)O.O=S(=O)(N[C@H]1C[C@@H]1c1ccccc1)c1ccc(-c2ccc(Cl)nc2)s1. The molecule has 2 aromatic heterocycles. The normalized spacial score (nSPS) is 17.8. The molecule has 2 atom stereocenters. The van der Waals surface area contributed by atoms with Gasteiger partial charge in [-0.2, -0.15) is 0 Å². The Labute approximate surface area is 176 Å². The number of rotatable bonds is 5. The summed E-state index contributed by atoms with van der Waals surface area (Å²) in [6.07, 6.45) is 0.646. The zero-order valence-electron chi connectivity index (χ0n) is 14.9. The van der Waals surface area contributed by atoms with Gasteiger partial charge >= 0.3 is 6.16 Å². The van der Waals surface area contributed by atoms with Crippen LogP contribution in [0.25, 0.3) is 10.4 Å². The van der Waals surface area contributed by atoms with E-state index in [2.05, 4.69) is 9.71 Å². The first-order valence-electron chi connectivity index (χ1n) is 8.47. The topological polar surface area (TPSA) is 117 Å². The third-order valence-corrected chi connectivity index (χ3v) is 7.52. The van der Waals surface area contributed by atoms with E-state index in [0.29, 0.717) is 9.36 Å². The highest BCUT2D eigenvalue weighted by molar-refractivity contribution is 7.91. The van der Waals surface area contributed by atoms with Crippen LogP contribution >= 0.6 is 22.9 Å². The monoisotopic (exact) mass is 452 g/mol. The summed E-state index contributed by atoms with van der Waals surface area (Å²) in [7, 11) is -3.51. The summed E-state index contributed by atoms with van der Waals surface area (Å²) < 4.78 is 28.4. The maximum atomic E-state index is 12.6. The van der Waals surface area contributed by atoms with Crippen molar-refractivity contribution >= 4 is 39.1 Å². The number of nitrogens with one attached hydrogen (secondary N) is 1. The average Bonchev–Trinajstić information content (AvgIpc) is 3.23. The number of pyridine rings is 1.